The van der Waals surface area contributed by atoms with Crippen molar-refractivity contribution >= 4 is 12.1 Å². The number of benzene rings is 3. The van der Waals surface area contributed by atoms with E-state index >= 15 is 0 Å². The Bertz CT molecular complexity index is 1200. The number of rotatable bonds is 5. The summed E-state index contributed by atoms with van der Waals surface area (Å²) in [6.45, 7) is 1.74. The zero-order valence-corrected chi connectivity index (χ0v) is 16.4. The van der Waals surface area contributed by atoms with Gasteiger partial charge in [0.25, 0.3) is 5.91 Å². The van der Waals surface area contributed by atoms with Crippen molar-refractivity contribution in [1.82, 2.24) is 15.2 Å². The first kappa shape index (κ1) is 19.1. The smallest absolute Gasteiger partial charge is 0.275 e. The summed E-state index contributed by atoms with van der Waals surface area (Å²) in [5.74, 6) is -0.531. The summed E-state index contributed by atoms with van der Waals surface area (Å²) in [7, 11) is 0. The van der Waals surface area contributed by atoms with Gasteiger partial charge in [0.15, 0.2) is 0 Å². The van der Waals surface area contributed by atoms with E-state index < -0.39 is 5.91 Å². The molecule has 0 aliphatic carbocycles. The van der Waals surface area contributed by atoms with Crippen LogP contribution >= 0.6 is 0 Å². The molecular formula is C24H20N4O2. The topological polar surface area (TPSA) is 79.5 Å². The average molecular weight is 396 g/mol. The van der Waals surface area contributed by atoms with Crippen molar-refractivity contribution in [3.05, 3.63) is 102 Å². The lowest BCUT2D eigenvalue weighted by Crippen LogP contribution is -2.17. The van der Waals surface area contributed by atoms with Crippen molar-refractivity contribution in [3.63, 3.8) is 0 Å². The van der Waals surface area contributed by atoms with Gasteiger partial charge in [-0.1, -0.05) is 60.7 Å². The molecule has 0 aliphatic heterocycles. The monoisotopic (exact) mass is 396 g/mol. The van der Waals surface area contributed by atoms with E-state index in [0.717, 1.165) is 22.5 Å². The van der Waals surface area contributed by atoms with E-state index in [0.29, 0.717) is 5.56 Å². The number of aryl methyl sites for hydroxylation is 1. The molecule has 0 atom stereocenters. The second-order valence-corrected chi connectivity index (χ2v) is 6.75. The van der Waals surface area contributed by atoms with Gasteiger partial charge in [0.05, 0.1) is 17.5 Å². The number of hydrazone groups is 1. The third-order valence-electron chi connectivity index (χ3n) is 4.66. The van der Waals surface area contributed by atoms with Crippen LogP contribution in [0.4, 0.5) is 0 Å². The number of carbonyl (C=O) groups excluding carboxylic acids is 1. The molecule has 0 saturated carbocycles. The number of phenols is 1. The van der Waals surface area contributed by atoms with Crippen LogP contribution in [0.25, 0.3) is 16.9 Å². The van der Waals surface area contributed by atoms with Crippen LogP contribution in [0.5, 0.6) is 5.75 Å². The van der Waals surface area contributed by atoms with Gasteiger partial charge in [0, 0.05) is 17.3 Å². The van der Waals surface area contributed by atoms with Crippen LogP contribution in [0.15, 0.2) is 90.2 Å². The van der Waals surface area contributed by atoms with Crippen molar-refractivity contribution in [2.24, 2.45) is 5.10 Å². The predicted molar refractivity (Wildman–Crippen MR) is 117 cm³/mol. The summed E-state index contributed by atoms with van der Waals surface area (Å²) < 4.78 is 1.78. The number of nitrogens with zero attached hydrogens (tertiary/aromatic N) is 3. The van der Waals surface area contributed by atoms with E-state index in [1.807, 2.05) is 66.9 Å². The zero-order chi connectivity index (χ0) is 20.9. The standard InChI is InChI=1S/C24H20N4O2/c1-17-9-8-14-21(23(17)29)24(30)26-25-15-19-16-28(20-12-6-3-7-13-20)27-22(19)18-10-4-2-5-11-18/h2-16,29H,1H3,(H,26,30)/b25-15-. The number of aromatic nitrogens is 2. The number of carbonyl (C=O) groups is 1. The van der Waals surface area contributed by atoms with Crippen LogP contribution < -0.4 is 5.43 Å². The Labute approximate surface area is 174 Å². The second-order valence-electron chi connectivity index (χ2n) is 6.75. The van der Waals surface area contributed by atoms with E-state index in [1.54, 1.807) is 36.0 Å². The van der Waals surface area contributed by atoms with Crippen molar-refractivity contribution in [3.8, 4) is 22.7 Å². The van der Waals surface area contributed by atoms with Gasteiger partial charge >= 0.3 is 0 Å². The Morgan fingerprint density at radius 3 is 2.43 bits per heavy atom. The molecule has 0 aliphatic rings. The highest BCUT2D eigenvalue weighted by Gasteiger charge is 2.13. The number of para-hydroxylation sites is 2. The maximum absolute atomic E-state index is 12.4. The number of hydrogen-bond donors (Lipinski definition) is 2. The zero-order valence-electron chi connectivity index (χ0n) is 16.4. The third kappa shape index (κ3) is 3.98. The quantitative estimate of drug-likeness (QED) is 0.390. The van der Waals surface area contributed by atoms with Crippen LogP contribution in [-0.4, -0.2) is 27.0 Å². The molecular weight excluding hydrogens is 376 g/mol. The van der Waals surface area contributed by atoms with Crippen molar-refractivity contribution < 1.29 is 9.90 Å². The van der Waals surface area contributed by atoms with E-state index in [2.05, 4.69) is 10.5 Å². The molecule has 0 fully saturated rings. The Hall–Kier alpha value is -4.19. The second kappa shape index (κ2) is 8.45. The van der Waals surface area contributed by atoms with Gasteiger partial charge in [-0.15, -0.1) is 0 Å². The highest BCUT2D eigenvalue weighted by Crippen LogP contribution is 2.23. The summed E-state index contributed by atoms with van der Waals surface area (Å²) in [6, 6.07) is 24.5. The lowest BCUT2D eigenvalue weighted by Gasteiger charge is -2.05. The van der Waals surface area contributed by atoms with Gasteiger partial charge in [0.1, 0.15) is 11.4 Å². The van der Waals surface area contributed by atoms with Crippen LogP contribution in [0, 0.1) is 6.92 Å². The normalized spacial score (nSPS) is 11.0. The Morgan fingerprint density at radius 2 is 1.70 bits per heavy atom. The summed E-state index contributed by atoms with van der Waals surface area (Å²) in [6.07, 6.45) is 3.41. The number of nitrogens with one attached hydrogen (secondary N) is 1. The first-order chi connectivity index (χ1) is 14.6. The van der Waals surface area contributed by atoms with Gasteiger partial charge in [-0.05, 0) is 30.7 Å². The molecule has 3 aromatic carbocycles. The number of aromatic hydroxyl groups is 1. The lowest BCUT2D eigenvalue weighted by atomic mass is 10.1. The first-order valence-electron chi connectivity index (χ1n) is 9.46. The van der Waals surface area contributed by atoms with Crippen LogP contribution in [-0.2, 0) is 0 Å². The molecule has 0 bridgehead atoms. The van der Waals surface area contributed by atoms with Gasteiger partial charge in [-0.25, -0.2) is 10.1 Å². The van der Waals surface area contributed by atoms with Crippen LogP contribution in [0.2, 0.25) is 0 Å². The maximum Gasteiger partial charge on any atom is 0.275 e. The number of hydrogen-bond acceptors (Lipinski definition) is 4. The molecule has 0 saturated heterocycles. The fraction of sp³-hybridized carbons (Fsp3) is 0.0417. The highest BCUT2D eigenvalue weighted by molar-refractivity contribution is 5.98. The van der Waals surface area contributed by atoms with E-state index in [9.17, 15) is 9.90 Å². The molecule has 1 aromatic heterocycles. The Balaban J connectivity index is 1.63. The lowest BCUT2D eigenvalue weighted by molar-refractivity contribution is 0.0952. The van der Waals surface area contributed by atoms with Gasteiger partial charge in [-0.2, -0.15) is 10.2 Å². The minimum absolute atomic E-state index is 0.0490. The largest absolute Gasteiger partial charge is 0.507 e. The van der Waals surface area contributed by atoms with Gasteiger partial charge < -0.3 is 5.11 Å². The summed E-state index contributed by atoms with van der Waals surface area (Å²) in [5.41, 5.74) is 6.64. The molecule has 6 nitrogen and oxygen atoms in total. The average Bonchev–Trinajstić information content (AvgIpc) is 3.21. The molecule has 0 radical (unpaired) electrons. The van der Waals surface area contributed by atoms with Gasteiger partial charge in [-0.3, -0.25) is 4.79 Å². The SMILES string of the molecule is Cc1cccc(C(=O)N/N=C\c2cn(-c3ccccc3)nc2-c2ccccc2)c1O. The van der Waals surface area contributed by atoms with Crippen LogP contribution in [0.3, 0.4) is 0 Å². The molecule has 6 heteroatoms. The minimum atomic E-state index is -0.482. The highest BCUT2D eigenvalue weighted by atomic mass is 16.3. The van der Waals surface area contributed by atoms with Crippen molar-refractivity contribution in [2.45, 2.75) is 6.92 Å². The fourth-order valence-corrected chi connectivity index (χ4v) is 3.08. The Kier molecular flexibility index (Phi) is 5.39. The van der Waals surface area contributed by atoms with E-state index in [1.165, 1.54) is 0 Å². The molecule has 1 heterocycles. The fourth-order valence-electron chi connectivity index (χ4n) is 3.08. The van der Waals surface area contributed by atoms with E-state index in [-0.39, 0.29) is 11.3 Å². The van der Waals surface area contributed by atoms with Crippen LogP contribution in [0.1, 0.15) is 21.5 Å². The molecule has 2 N–H and O–H groups in total. The molecule has 30 heavy (non-hydrogen) atoms. The number of amides is 1. The van der Waals surface area contributed by atoms with Gasteiger partial charge in [0.2, 0.25) is 0 Å². The summed E-state index contributed by atoms with van der Waals surface area (Å²) in [4.78, 5) is 12.4. The maximum atomic E-state index is 12.4. The molecule has 4 rings (SSSR count). The Morgan fingerprint density at radius 1 is 1.00 bits per heavy atom. The number of phenolic OH excluding ortho intramolecular Hbond substituents is 1. The summed E-state index contributed by atoms with van der Waals surface area (Å²) in [5, 5.41) is 18.9. The van der Waals surface area contributed by atoms with Crippen molar-refractivity contribution in [2.75, 3.05) is 0 Å². The third-order valence-corrected chi connectivity index (χ3v) is 4.66. The van der Waals surface area contributed by atoms with E-state index in [4.69, 9.17) is 5.10 Å². The minimum Gasteiger partial charge on any atom is -0.507 e. The molecule has 0 unspecified atom stereocenters. The molecule has 0 spiro atoms. The molecule has 4 aromatic rings. The first-order valence-corrected chi connectivity index (χ1v) is 9.46. The van der Waals surface area contributed by atoms with Crippen molar-refractivity contribution in [1.29, 1.82) is 0 Å². The molecule has 148 valence electrons. The molecule has 1 amide bonds. The predicted octanol–water partition coefficient (Wildman–Crippen LogP) is 4.32. The summed E-state index contributed by atoms with van der Waals surface area (Å²) >= 11 is 0.